The van der Waals surface area contributed by atoms with E-state index in [-0.39, 0.29) is 17.3 Å². The number of hydrogen-bond donors (Lipinski definition) is 0. The van der Waals surface area contributed by atoms with Gasteiger partial charge in [0, 0.05) is 11.3 Å². The van der Waals surface area contributed by atoms with Crippen LogP contribution in [-0.2, 0) is 0 Å². The zero-order valence-electron chi connectivity index (χ0n) is 11.5. The van der Waals surface area contributed by atoms with Gasteiger partial charge in [-0.1, -0.05) is 13.8 Å². The average molecular weight is 270 g/mol. The topological polar surface area (TPSA) is 60.4 Å². The molecule has 0 N–H and O–H groups in total. The molecule has 0 bridgehead atoms. The fourth-order valence-electron chi connectivity index (χ4n) is 2.33. The van der Waals surface area contributed by atoms with E-state index in [9.17, 15) is 9.59 Å². The van der Waals surface area contributed by atoms with Crippen LogP contribution in [0, 0.1) is 12.8 Å². The second kappa shape index (κ2) is 4.34. The SMILES string of the molecule is Cc1coc2ccc3cc(C(=O)C(C)C)c(=O)oc3c12. The summed E-state index contributed by atoms with van der Waals surface area (Å²) in [6.45, 7) is 5.41. The van der Waals surface area contributed by atoms with E-state index in [1.807, 2.05) is 13.0 Å². The van der Waals surface area contributed by atoms with Crippen molar-refractivity contribution in [2.24, 2.45) is 5.92 Å². The van der Waals surface area contributed by atoms with Crippen molar-refractivity contribution < 1.29 is 13.6 Å². The predicted molar refractivity (Wildman–Crippen MR) is 76.2 cm³/mol. The summed E-state index contributed by atoms with van der Waals surface area (Å²) in [6, 6.07) is 5.21. The number of aryl methyl sites for hydroxylation is 1. The average Bonchev–Trinajstić information content (AvgIpc) is 2.79. The van der Waals surface area contributed by atoms with Crippen molar-refractivity contribution in [1.29, 1.82) is 0 Å². The molecule has 2 aromatic heterocycles. The minimum Gasteiger partial charge on any atom is -0.464 e. The van der Waals surface area contributed by atoms with Crippen molar-refractivity contribution in [3.05, 3.63) is 46.0 Å². The van der Waals surface area contributed by atoms with Crippen LogP contribution < -0.4 is 5.63 Å². The Bertz CT molecular complexity index is 881. The highest BCUT2D eigenvalue weighted by Gasteiger charge is 2.18. The Kier molecular flexibility index (Phi) is 2.74. The van der Waals surface area contributed by atoms with Crippen LogP contribution in [0.2, 0.25) is 0 Å². The zero-order chi connectivity index (χ0) is 14.4. The molecule has 0 fully saturated rings. The van der Waals surface area contributed by atoms with Crippen molar-refractivity contribution in [2.75, 3.05) is 0 Å². The second-order valence-corrected chi connectivity index (χ2v) is 5.24. The standard InChI is InChI=1S/C16H14O4/c1-8(2)14(17)11-6-10-4-5-12-13(9(3)7-19-12)15(10)20-16(11)18/h4-8H,1-3H3. The van der Waals surface area contributed by atoms with Crippen LogP contribution in [0.4, 0.5) is 0 Å². The van der Waals surface area contributed by atoms with Gasteiger partial charge in [-0.15, -0.1) is 0 Å². The number of Topliss-reactive ketones (excluding diaryl/α,β-unsaturated/α-hetero) is 1. The number of hydrogen-bond acceptors (Lipinski definition) is 4. The molecule has 0 unspecified atom stereocenters. The van der Waals surface area contributed by atoms with E-state index in [1.54, 1.807) is 32.2 Å². The molecule has 2 heterocycles. The maximum atomic E-state index is 12.0. The lowest BCUT2D eigenvalue weighted by atomic mass is 10.0. The minimum absolute atomic E-state index is 0.105. The lowest BCUT2D eigenvalue weighted by molar-refractivity contribution is 0.0936. The second-order valence-electron chi connectivity index (χ2n) is 5.24. The molecule has 0 atom stereocenters. The summed E-state index contributed by atoms with van der Waals surface area (Å²) >= 11 is 0. The Labute approximate surface area is 115 Å². The number of fused-ring (bicyclic) bond motifs is 3. The van der Waals surface area contributed by atoms with Gasteiger partial charge < -0.3 is 8.83 Å². The first kappa shape index (κ1) is 12.7. The van der Waals surface area contributed by atoms with Crippen LogP contribution in [0.3, 0.4) is 0 Å². The third-order valence-electron chi connectivity index (χ3n) is 3.41. The third kappa shape index (κ3) is 1.76. The Morgan fingerprint density at radius 2 is 2.00 bits per heavy atom. The molecule has 20 heavy (non-hydrogen) atoms. The Balaban J connectivity index is 2.38. The van der Waals surface area contributed by atoms with E-state index in [0.29, 0.717) is 11.2 Å². The van der Waals surface area contributed by atoms with E-state index >= 15 is 0 Å². The molecule has 0 radical (unpaired) electrons. The maximum Gasteiger partial charge on any atom is 0.347 e. The molecule has 0 saturated carbocycles. The number of carbonyl (C=O) groups excluding carboxylic acids is 1. The summed E-state index contributed by atoms with van der Waals surface area (Å²) in [4.78, 5) is 24.0. The Morgan fingerprint density at radius 3 is 2.70 bits per heavy atom. The van der Waals surface area contributed by atoms with E-state index in [0.717, 1.165) is 16.3 Å². The van der Waals surface area contributed by atoms with Gasteiger partial charge in [-0.3, -0.25) is 4.79 Å². The molecule has 102 valence electrons. The van der Waals surface area contributed by atoms with Gasteiger partial charge in [0.25, 0.3) is 0 Å². The summed E-state index contributed by atoms with van der Waals surface area (Å²) < 4.78 is 10.8. The van der Waals surface area contributed by atoms with Gasteiger partial charge in [-0.05, 0) is 30.7 Å². The van der Waals surface area contributed by atoms with Gasteiger partial charge in [-0.25, -0.2) is 4.79 Å². The molecule has 3 aromatic rings. The van der Waals surface area contributed by atoms with Crippen LogP contribution in [0.5, 0.6) is 0 Å². The summed E-state index contributed by atoms with van der Waals surface area (Å²) in [5.74, 6) is -0.445. The third-order valence-corrected chi connectivity index (χ3v) is 3.41. The molecule has 3 rings (SSSR count). The molecule has 0 amide bonds. The lowest BCUT2D eigenvalue weighted by Gasteiger charge is -2.05. The molecular formula is C16H14O4. The summed E-state index contributed by atoms with van der Waals surface area (Å²) in [7, 11) is 0. The van der Waals surface area contributed by atoms with Crippen LogP contribution >= 0.6 is 0 Å². The van der Waals surface area contributed by atoms with Gasteiger partial charge in [0.15, 0.2) is 5.78 Å². The van der Waals surface area contributed by atoms with Gasteiger partial charge in [-0.2, -0.15) is 0 Å². The smallest absolute Gasteiger partial charge is 0.347 e. The van der Waals surface area contributed by atoms with Crippen LogP contribution in [-0.4, -0.2) is 5.78 Å². The number of ketones is 1. The highest BCUT2D eigenvalue weighted by atomic mass is 16.4. The number of carbonyl (C=O) groups is 1. The van der Waals surface area contributed by atoms with Gasteiger partial charge in [0.2, 0.25) is 0 Å². The Hall–Kier alpha value is -2.36. The van der Waals surface area contributed by atoms with Crippen molar-refractivity contribution in [3.63, 3.8) is 0 Å². The van der Waals surface area contributed by atoms with E-state index in [2.05, 4.69) is 0 Å². The van der Waals surface area contributed by atoms with Crippen molar-refractivity contribution in [2.45, 2.75) is 20.8 Å². The van der Waals surface area contributed by atoms with Crippen molar-refractivity contribution in [3.8, 4) is 0 Å². The summed E-state index contributed by atoms with van der Waals surface area (Å²) in [6.07, 6.45) is 1.62. The van der Waals surface area contributed by atoms with Gasteiger partial charge in [0.1, 0.15) is 16.7 Å². The first-order valence-corrected chi connectivity index (χ1v) is 6.48. The first-order chi connectivity index (χ1) is 9.49. The summed E-state index contributed by atoms with van der Waals surface area (Å²) in [5.41, 5.74) is 1.55. The molecule has 0 spiro atoms. The molecule has 0 aliphatic carbocycles. The Morgan fingerprint density at radius 1 is 1.25 bits per heavy atom. The zero-order valence-corrected chi connectivity index (χ0v) is 11.5. The molecular weight excluding hydrogens is 256 g/mol. The minimum atomic E-state index is -0.593. The number of furan rings is 1. The quantitative estimate of drug-likeness (QED) is 0.526. The monoisotopic (exact) mass is 270 g/mol. The predicted octanol–water partition coefficient (Wildman–Crippen LogP) is 3.69. The highest BCUT2D eigenvalue weighted by Crippen LogP contribution is 2.29. The molecule has 0 saturated heterocycles. The largest absolute Gasteiger partial charge is 0.464 e. The van der Waals surface area contributed by atoms with Crippen molar-refractivity contribution in [1.82, 2.24) is 0 Å². The fraction of sp³-hybridized carbons (Fsp3) is 0.250. The normalized spacial score (nSPS) is 11.6. The highest BCUT2D eigenvalue weighted by molar-refractivity contribution is 6.06. The molecule has 1 aromatic carbocycles. The van der Waals surface area contributed by atoms with Gasteiger partial charge in [0.05, 0.1) is 11.6 Å². The van der Waals surface area contributed by atoms with E-state index in [4.69, 9.17) is 8.83 Å². The van der Waals surface area contributed by atoms with E-state index < -0.39 is 5.63 Å². The molecule has 0 aliphatic rings. The van der Waals surface area contributed by atoms with Crippen LogP contribution in [0.15, 0.2) is 38.1 Å². The van der Waals surface area contributed by atoms with Crippen molar-refractivity contribution >= 4 is 27.7 Å². The van der Waals surface area contributed by atoms with E-state index in [1.165, 1.54) is 0 Å². The van der Waals surface area contributed by atoms with Crippen LogP contribution in [0.1, 0.15) is 29.8 Å². The fourth-order valence-corrected chi connectivity index (χ4v) is 2.33. The lowest BCUT2D eigenvalue weighted by Crippen LogP contribution is -2.18. The number of benzene rings is 1. The maximum absolute atomic E-state index is 12.0. The van der Waals surface area contributed by atoms with Gasteiger partial charge >= 0.3 is 5.63 Å². The molecule has 4 nitrogen and oxygen atoms in total. The molecule has 0 aliphatic heterocycles. The first-order valence-electron chi connectivity index (χ1n) is 6.48. The molecule has 4 heteroatoms. The summed E-state index contributed by atoms with van der Waals surface area (Å²) in [5, 5.41) is 1.51. The number of rotatable bonds is 2. The van der Waals surface area contributed by atoms with Crippen LogP contribution in [0.25, 0.3) is 21.9 Å².